The van der Waals surface area contributed by atoms with Crippen molar-refractivity contribution >= 4 is 27.3 Å². The number of nitrogens with zero attached hydrogens (tertiary/aromatic N) is 1. The maximum atomic E-state index is 10.8. The molecule has 0 aliphatic rings. The van der Waals surface area contributed by atoms with Crippen molar-refractivity contribution in [1.82, 2.24) is 15.4 Å². The van der Waals surface area contributed by atoms with Gasteiger partial charge in [0, 0.05) is 26.7 Å². The molecule has 0 aliphatic heterocycles. The van der Waals surface area contributed by atoms with Crippen LogP contribution in [0.2, 0.25) is 0 Å². The van der Waals surface area contributed by atoms with E-state index < -0.39 is 10.0 Å². The lowest BCUT2D eigenvalue weighted by Crippen LogP contribution is -2.41. The van der Waals surface area contributed by atoms with Gasteiger partial charge in [0.05, 0.1) is 6.26 Å². The molecule has 0 aliphatic carbocycles. The lowest BCUT2D eigenvalue weighted by molar-refractivity contribution is 0.586. The number of rotatable bonds is 6. The van der Waals surface area contributed by atoms with E-state index in [4.69, 9.17) is 0 Å². The maximum Gasteiger partial charge on any atom is 0.208 e. The number of hydrogen-bond donors (Lipinski definition) is 3. The Morgan fingerprint density at radius 3 is 2.72 bits per heavy atom. The second kappa shape index (κ2) is 7.34. The standard InChI is InChI=1S/C10H18N4O2S2/c1-11-10(12-4-5-14-18(2,15)16)13-7-9-3-6-17-8-9/h3,6,8,14H,4-5,7H2,1-2H3,(H2,11,12,13). The molecule has 0 aromatic carbocycles. The first-order valence-electron chi connectivity index (χ1n) is 5.41. The van der Waals surface area contributed by atoms with Crippen LogP contribution in [-0.2, 0) is 16.6 Å². The molecule has 1 heterocycles. The Balaban J connectivity index is 2.22. The van der Waals surface area contributed by atoms with E-state index in [9.17, 15) is 8.42 Å². The molecule has 0 bridgehead atoms. The lowest BCUT2D eigenvalue weighted by Gasteiger charge is -2.11. The average molecular weight is 290 g/mol. The molecular formula is C10H18N4O2S2. The third-order valence-electron chi connectivity index (χ3n) is 2.05. The van der Waals surface area contributed by atoms with Gasteiger partial charge in [0.15, 0.2) is 5.96 Å². The van der Waals surface area contributed by atoms with Gasteiger partial charge in [0.2, 0.25) is 10.0 Å². The first kappa shape index (κ1) is 14.9. The first-order valence-corrected chi connectivity index (χ1v) is 8.25. The monoisotopic (exact) mass is 290 g/mol. The molecule has 0 radical (unpaired) electrons. The van der Waals surface area contributed by atoms with Crippen molar-refractivity contribution in [1.29, 1.82) is 0 Å². The summed E-state index contributed by atoms with van der Waals surface area (Å²) in [5, 5.41) is 10.2. The summed E-state index contributed by atoms with van der Waals surface area (Å²) in [7, 11) is -1.45. The molecule has 18 heavy (non-hydrogen) atoms. The Kier molecular flexibility index (Phi) is 6.10. The zero-order valence-electron chi connectivity index (χ0n) is 10.4. The molecule has 102 valence electrons. The quantitative estimate of drug-likeness (QED) is 0.390. The van der Waals surface area contributed by atoms with Gasteiger partial charge in [-0.1, -0.05) is 0 Å². The fourth-order valence-electron chi connectivity index (χ4n) is 1.22. The number of guanidine groups is 1. The highest BCUT2D eigenvalue weighted by atomic mass is 32.2. The second-order valence-electron chi connectivity index (χ2n) is 3.65. The fourth-order valence-corrected chi connectivity index (χ4v) is 2.36. The third-order valence-corrected chi connectivity index (χ3v) is 3.51. The van der Waals surface area contributed by atoms with Crippen LogP contribution in [0.1, 0.15) is 5.56 Å². The van der Waals surface area contributed by atoms with Gasteiger partial charge in [0.1, 0.15) is 0 Å². The molecule has 0 atom stereocenters. The molecule has 1 aromatic rings. The zero-order valence-corrected chi connectivity index (χ0v) is 12.1. The summed E-state index contributed by atoms with van der Waals surface area (Å²) >= 11 is 1.65. The largest absolute Gasteiger partial charge is 0.355 e. The van der Waals surface area contributed by atoms with Crippen LogP contribution in [0.5, 0.6) is 0 Å². The van der Waals surface area contributed by atoms with Gasteiger partial charge in [-0.05, 0) is 22.4 Å². The Bertz CT molecular complexity index is 468. The van der Waals surface area contributed by atoms with E-state index in [2.05, 4.69) is 25.7 Å². The minimum absolute atomic E-state index is 0.331. The van der Waals surface area contributed by atoms with E-state index >= 15 is 0 Å². The molecule has 8 heteroatoms. The average Bonchev–Trinajstić information content (AvgIpc) is 2.79. The summed E-state index contributed by atoms with van der Waals surface area (Å²) in [5.74, 6) is 0.650. The molecule has 0 saturated heterocycles. The van der Waals surface area contributed by atoms with Gasteiger partial charge in [-0.25, -0.2) is 13.1 Å². The summed E-state index contributed by atoms with van der Waals surface area (Å²) in [6.45, 7) is 1.51. The van der Waals surface area contributed by atoms with E-state index in [0.29, 0.717) is 25.6 Å². The molecule has 6 nitrogen and oxygen atoms in total. The first-order chi connectivity index (χ1) is 8.51. The Morgan fingerprint density at radius 2 is 2.17 bits per heavy atom. The highest BCUT2D eigenvalue weighted by molar-refractivity contribution is 7.88. The van der Waals surface area contributed by atoms with Crippen LogP contribution in [-0.4, -0.2) is 40.8 Å². The van der Waals surface area contributed by atoms with Crippen molar-refractivity contribution in [2.75, 3.05) is 26.4 Å². The molecule has 1 rings (SSSR count). The van der Waals surface area contributed by atoms with Crippen LogP contribution in [0, 0.1) is 0 Å². The van der Waals surface area contributed by atoms with Crippen LogP contribution in [0.4, 0.5) is 0 Å². The van der Waals surface area contributed by atoms with E-state index in [-0.39, 0.29) is 0 Å². The Labute approximate surface area is 112 Å². The van der Waals surface area contributed by atoms with E-state index in [1.165, 1.54) is 5.56 Å². The molecule has 0 fully saturated rings. The molecule has 0 unspecified atom stereocenters. The minimum Gasteiger partial charge on any atom is -0.355 e. The van der Waals surface area contributed by atoms with Crippen molar-refractivity contribution in [2.45, 2.75) is 6.54 Å². The summed E-state index contributed by atoms with van der Waals surface area (Å²) in [5.41, 5.74) is 1.19. The molecule has 0 saturated carbocycles. The van der Waals surface area contributed by atoms with Gasteiger partial charge in [-0.15, -0.1) is 0 Å². The van der Waals surface area contributed by atoms with E-state index in [1.807, 2.05) is 11.4 Å². The van der Waals surface area contributed by atoms with Gasteiger partial charge in [-0.3, -0.25) is 4.99 Å². The summed E-state index contributed by atoms with van der Waals surface area (Å²) in [6.07, 6.45) is 1.14. The molecule has 0 amide bonds. The summed E-state index contributed by atoms with van der Waals surface area (Å²) in [6, 6.07) is 2.04. The van der Waals surface area contributed by atoms with Crippen LogP contribution in [0.3, 0.4) is 0 Å². The number of sulfonamides is 1. The number of nitrogens with one attached hydrogen (secondary N) is 3. The van der Waals surface area contributed by atoms with E-state index in [0.717, 1.165) is 6.26 Å². The van der Waals surface area contributed by atoms with E-state index in [1.54, 1.807) is 18.4 Å². The van der Waals surface area contributed by atoms with Crippen LogP contribution in [0.25, 0.3) is 0 Å². The normalized spacial score (nSPS) is 12.4. The topological polar surface area (TPSA) is 82.6 Å². The third kappa shape index (κ3) is 6.58. The van der Waals surface area contributed by atoms with Gasteiger partial charge in [0.25, 0.3) is 0 Å². The second-order valence-corrected chi connectivity index (χ2v) is 6.26. The predicted octanol–water partition coefficient (Wildman–Crippen LogP) is -0.0377. The van der Waals surface area contributed by atoms with Crippen molar-refractivity contribution in [3.8, 4) is 0 Å². The summed E-state index contributed by atoms with van der Waals surface area (Å²) in [4.78, 5) is 4.04. The fraction of sp³-hybridized carbons (Fsp3) is 0.500. The predicted molar refractivity (Wildman–Crippen MR) is 75.4 cm³/mol. The number of thiophene rings is 1. The SMILES string of the molecule is CN=C(NCCNS(C)(=O)=O)NCc1ccsc1. The van der Waals surface area contributed by atoms with Crippen molar-refractivity contribution in [3.63, 3.8) is 0 Å². The van der Waals surface area contributed by atoms with Crippen molar-refractivity contribution in [3.05, 3.63) is 22.4 Å². The molecule has 3 N–H and O–H groups in total. The van der Waals surface area contributed by atoms with Crippen LogP contribution in [0.15, 0.2) is 21.8 Å². The van der Waals surface area contributed by atoms with Gasteiger partial charge < -0.3 is 10.6 Å². The maximum absolute atomic E-state index is 10.8. The lowest BCUT2D eigenvalue weighted by atomic mass is 10.3. The number of hydrogen-bond acceptors (Lipinski definition) is 4. The highest BCUT2D eigenvalue weighted by Gasteiger charge is 2.01. The Hall–Kier alpha value is -1.12. The minimum atomic E-state index is -3.13. The smallest absolute Gasteiger partial charge is 0.208 e. The number of aliphatic imine (C=N–C) groups is 1. The van der Waals surface area contributed by atoms with Gasteiger partial charge >= 0.3 is 0 Å². The van der Waals surface area contributed by atoms with Crippen LogP contribution >= 0.6 is 11.3 Å². The zero-order chi connectivity index (χ0) is 13.4. The molecule has 0 spiro atoms. The van der Waals surface area contributed by atoms with Crippen molar-refractivity contribution < 1.29 is 8.42 Å². The highest BCUT2D eigenvalue weighted by Crippen LogP contribution is 2.04. The molecule has 1 aromatic heterocycles. The van der Waals surface area contributed by atoms with Crippen molar-refractivity contribution in [2.24, 2.45) is 4.99 Å². The van der Waals surface area contributed by atoms with Crippen LogP contribution < -0.4 is 15.4 Å². The Morgan fingerprint density at radius 1 is 1.39 bits per heavy atom. The molecular weight excluding hydrogens is 272 g/mol. The summed E-state index contributed by atoms with van der Waals surface area (Å²) < 4.78 is 24.1. The van der Waals surface area contributed by atoms with Gasteiger partial charge in [-0.2, -0.15) is 11.3 Å².